The maximum absolute atomic E-state index is 12.4. The van der Waals surface area contributed by atoms with Crippen molar-refractivity contribution in [2.24, 2.45) is 0 Å². The molecule has 0 spiro atoms. The number of rotatable bonds is 5. The van der Waals surface area contributed by atoms with Crippen molar-refractivity contribution in [1.82, 2.24) is 0 Å². The molecule has 9 heteroatoms. The maximum atomic E-state index is 12.4. The van der Waals surface area contributed by atoms with Crippen LogP contribution in [0.2, 0.25) is 0 Å². The zero-order valence-corrected chi connectivity index (χ0v) is 14.7. The van der Waals surface area contributed by atoms with Gasteiger partial charge in [0.2, 0.25) is 15.9 Å². The summed E-state index contributed by atoms with van der Waals surface area (Å²) in [6, 6.07) is 13.4. The molecule has 0 unspecified atom stereocenters. The lowest BCUT2D eigenvalue weighted by molar-refractivity contribution is -0.123. The van der Waals surface area contributed by atoms with Gasteiger partial charge < -0.3 is 10.1 Å². The van der Waals surface area contributed by atoms with E-state index in [9.17, 15) is 18.0 Å². The zero-order chi connectivity index (χ0) is 18.7. The molecule has 1 aliphatic heterocycles. The van der Waals surface area contributed by atoms with Crippen molar-refractivity contribution < 1.29 is 22.7 Å². The van der Waals surface area contributed by atoms with Gasteiger partial charge in [-0.05, 0) is 24.3 Å². The van der Waals surface area contributed by atoms with E-state index in [1.54, 1.807) is 42.5 Å². The highest BCUT2D eigenvalue weighted by Gasteiger charge is 2.27. The summed E-state index contributed by atoms with van der Waals surface area (Å²) in [6.45, 7) is -0.358. The Morgan fingerprint density at radius 2 is 1.77 bits per heavy atom. The summed E-state index contributed by atoms with van der Waals surface area (Å²) in [7, 11) is -3.49. The summed E-state index contributed by atoms with van der Waals surface area (Å²) in [5.41, 5.74) is 1.07. The van der Waals surface area contributed by atoms with Gasteiger partial charge in [0, 0.05) is 0 Å². The Bertz CT molecular complexity index is 958. The summed E-state index contributed by atoms with van der Waals surface area (Å²) in [6.07, 6.45) is 1.02. The number of carbonyl (C=O) groups excluding carboxylic acids is 2. The van der Waals surface area contributed by atoms with Crippen molar-refractivity contribution in [1.29, 1.82) is 0 Å². The topological polar surface area (TPSA) is 105 Å². The fourth-order valence-electron chi connectivity index (χ4n) is 2.54. The first-order chi connectivity index (χ1) is 12.3. The van der Waals surface area contributed by atoms with E-state index in [0.29, 0.717) is 17.1 Å². The molecular weight excluding hydrogens is 358 g/mol. The fourth-order valence-corrected chi connectivity index (χ4v) is 3.12. The van der Waals surface area contributed by atoms with Crippen LogP contribution in [-0.4, -0.2) is 39.6 Å². The number of benzene rings is 2. The Morgan fingerprint density at radius 3 is 2.50 bits per heavy atom. The average Bonchev–Trinajstić information content (AvgIpc) is 2.58. The number of nitrogens with zero attached hydrogens (tertiary/aromatic N) is 1. The molecule has 0 radical (unpaired) electrons. The van der Waals surface area contributed by atoms with Crippen LogP contribution in [0.1, 0.15) is 0 Å². The lowest BCUT2D eigenvalue weighted by atomic mass is 10.2. The van der Waals surface area contributed by atoms with Gasteiger partial charge in [0.25, 0.3) is 5.91 Å². The summed E-state index contributed by atoms with van der Waals surface area (Å²) in [5.74, 6) is -0.266. The van der Waals surface area contributed by atoms with E-state index < -0.39 is 15.9 Å². The first-order valence-electron chi connectivity index (χ1n) is 7.72. The first kappa shape index (κ1) is 17.7. The SMILES string of the molecule is CS(=O)(=O)Nc1ccccc1NC(=O)CN1C(=O)COc2ccccc21. The summed E-state index contributed by atoms with van der Waals surface area (Å²) in [4.78, 5) is 25.9. The third-order valence-electron chi connectivity index (χ3n) is 3.61. The van der Waals surface area contributed by atoms with Crippen molar-refractivity contribution in [3.8, 4) is 5.75 Å². The highest BCUT2D eigenvalue weighted by atomic mass is 32.2. The molecule has 0 atom stereocenters. The molecule has 0 aromatic heterocycles. The number of hydrogen-bond donors (Lipinski definition) is 2. The van der Waals surface area contributed by atoms with Gasteiger partial charge in [0.1, 0.15) is 12.3 Å². The summed E-state index contributed by atoms with van der Waals surface area (Å²) >= 11 is 0. The number of para-hydroxylation sites is 4. The molecular formula is C17H17N3O5S. The molecule has 2 aromatic carbocycles. The molecule has 0 saturated heterocycles. The van der Waals surface area contributed by atoms with E-state index in [0.717, 1.165) is 6.26 Å². The van der Waals surface area contributed by atoms with Crippen LogP contribution in [0.4, 0.5) is 17.1 Å². The molecule has 0 fully saturated rings. The Hall–Kier alpha value is -3.07. The Kier molecular flexibility index (Phi) is 4.81. The van der Waals surface area contributed by atoms with Crippen molar-refractivity contribution in [3.63, 3.8) is 0 Å². The Morgan fingerprint density at radius 1 is 1.12 bits per heavy atom. The molecule has 2 N–H and O–H groups in total. The number of nitrogens with one attached hydrogen (secondary N) is 2. The van der Waals surface area contributed by atoms with Crippen LogP contribution in [-0.2, 0) is 19.6 Å². The molecule has 0 bridgehead atoms. The zero-order valence-electron chi connectivity index (χ0n) is 13.9. The van der Waals surface area contributed by atoms with E-state index >= 15 is 0 Å². The van der Waals surface area contributed by atoms with Crippen LogP contribution in [0.25, 0.3) is 0 Å². The number of amides is 2. The minimum absolute atomic E-state index is 0.142. The second-order valence-corrected chi connectivity index (χ2v) is 7.45. The molecule has 0 saturated carbocycles. The van der Waals surface area contributed by atoms with Gasteiger partial charge >= 0.3 is 0 Å². The number of sulfonamides is 1. The number of carbonyl (C=O) groups is 2. The summed E-state index contributed by atoms with van der Waals surface area (Å²) in [5, 5.41) is 2.63. The van der Waals surface area contributed by atoms with Gasteiger partial charge in [-0.2, -0.15) is 0 Å². The van der Waals surface area contributed by atoms with Crippen LogP contribution in [0, 0.1) is 0 Å². The van der Waals surface area contributed by atoms with E-state index in [1.165, 1.54) is 11.0 Å². The van der Waals surface area contributed by atoms with Crippen molar-refractivity contribution in [2.45, 2.75) is 0 Å². The molecule has 1 aliphatic rings. The number of anilines is 3. The number of hydrogen-bond acceptors (Lipinski definition) is 5. The second kappa shape index (κ2) is 7.04. The normalized spacial score (nSPS) is 13.6. The van der Waals surface area contributed by atoms with Gasteiger partial charge in [-0.3, -0.25) is 19.2 Å². The van der Waals surface area contributed by atoms with Gasteiger partial charge in [0.15, 0.2) is 6.61 Å². The fraction of sp³-hybridized carbons (Fsp3) is 0.176. The van der Waals surface area contributed by atoms with Crippen molar-refractivity contribution in [2.75, 3.05) is 34.3 Å². The average molecular weight is 375 g/mol. The number of fused-ring (bicyclic) bond motifs is 1. The molecule has 1 heterocycles. The molecule has 26 heavy (non-hydrogen) atoms. The van der Waals surface area contributed by atoms with E-state index in [-0.39, 0.29) is 24.7 Å². The summed E-state index contributed by atoms with van der Waals surface area (Å²) < 4.78 is 30.6. The minimum Gasteiger partial charge on any atom is -0.482 e. The molecule has 3 rings (SSSR count). The monoisotopic (exact) mass is 375 g/mol. The molecule has 136 valence electrons. The predicted octanol–water partition coefficient (Wildman–Crippen LogP) is 1.42. The van der Waals surface area contributed by atoms with Crippen LogP contribution in [0.5, 0.6) is 5.75 Å². The lowest BCUT2D eigenvalue weighted by Gasteiger charge is -2.28. The van der Waals surface area contributed by atoms with E-state index in [2.05, 4.69) is 10.0 Å². The van der Waals surface area contributed by atoms with Crippen molar-refractivity contribution in [3.05, 3.63) is 48.5 Å². The molecule has 0 aliphatic carbocycles. The highest BCUT2D eigenvalue weighted by molar-refractivity contribution is 7.92. The van der Waals surface area contributed by atoms with Crippen LogP contribution >= 0.6 is 0 Å². The van der Waals surface area contributed by atoms with E-state index in [1.807, 2.05) is 0 Å². The third kappa shape index (κ3) is 4.12. The number of ether oxygens (including phenoxy) is 1. The van der Waals surface area contributed by atoms with E-state index in [4.69, 9.17) is 4.74 Å². The Labute approximate surface area is 150 Å². The van der Waals surface area contributed by atoms with Gasteiger partial charge in [-0.25, -0.2) is 8.42 Å². The smallest absolute Gasteiger partial charge is 0.265 e. The van der Waals surface area contributed by atoms with Gasteiger partial charge in [-0.1, -0.05) is 24.3 Å². The van der Waals surface area contributed by atoms with Crippen molar-refractivity contribution >= 4 is 38.9 Å². The predicted molar refractivity (Wildman–Crippen MR) is 97.8 cm³/mol. The van der Waals surface area contributed by atoms with Gasteiger partial charge in [0.05, 0.1) is 23.3 Å². The quantitative estimate of drug-likeness (QED) is 0.822. The first-order valence-corrected chi connectivity index (χ1v) is 9.61. The van der Waals surface area contributed by atoms with Crippen LogP contribution in [0.15, 0.2) is 48.5 Å². The largest absolute Gasteiger partial charge is 0.482 e. The van der Waals surface area contributed by atoms with Crippen LogP contribution in [0.3, 0.4) is 0 Å². The second-order valence-electron chi connectivity index (χ2n) is 5.70. The van der Waals surface area contributed by atoms with Crippen LogP contribution < -0.4 is 19.7 Å². The van der Waals surface area contributed by atoms with Gasteiger partial charge in [-0.15, -0.1) is 0 Å². The molecule has 8 nitrogen and oxygen atoms in total. The molecule has 2 amide bonds. The highest BCUT2D eigenvalue weighted by Crippen LogP contribution is 2.31. The standard InChI is InChI=1S/C17H17N3O5S/c1-26(23,24)19-13-7-3-2-6-12(13)18-16(21)10-20-14-8-4-5-9-15(14)25-11-17(20)22/h2-9,19H,10-11H2,1H3,(H,18,21). The lowest BCUT2D eigenvalue weighted by Crippen LogP contribution is -2.43. The maximum Gasteiger partial charge on any atom is 0.265 e. The Balaban J connectivity index is 1.77. The third-order valence-corrected chi connectivity index (χ3v) is 4.20. The minimum atomic E-state index is -3.49. The molecule has 2 aromatic rings.